The summed E-state index contributed by atoms with van der Waals surface area (Å²) in [6, 6.07) is 6.84. The number of hydrogen-bond donors (Lipinski definition) is 0. The summed E-state index contributed by atoms with van der Waals surface area (Å²) in [7, 11) is 4.35. The van der Waals surface area contributed by atoms with Crippen molar-refractivity contribution < 1.29 is 28.6 Å². The van der Waals surface area contributed by atoms with Crippen LogP contribution in [0.15, 0.2) is 41.5 Å². The minimum atomic E-state index is -1.85. The van der Waals surface area contributed by atoms with E-state index in [2.05, 4.69) is 52.7 Å². The molecule has 0 spiro atoms. The monoisotopic (exact) mass is 728 g/mol. The fourth-order valence-electron chi connectivity index (χ4n) is 3.91. The zero-order chi connectivity index (χ0) is 32.4. The van der Waals surface area contributed by atoms with Crippen LogP contribution in [0.3, 0.4) is 0 Å². The van der Waals surface area contributed by atoms with Gasteiger partial charge in [-0.25, -0.2) is 14.8 Å². The Morgan fingerprint density at radius 3 is 1.67 bits per heavy atom. The summed E-state index contributed by atoms with van der Waals surface area (Å²) in [6.07, 6.45) is 10.4. The summed E-state index contributed by atoms with van der Waals surface area (Å²) < 4.78 is 21.4. The molecule has 0 bridgehead atoms. The van der Waals surface area contributed by atoms with Crippen LogP contribution in [0.1, 0.15) is 88.3 Å². The maximum Gasteiger partial charge on any atom is 0.373 e. The zero-order valence-corrected chi connectivity index (χ0v) is 30.1. The average molecular weight is 728 g/mol. The second-order valence-electron chi connectivity index (χ2n) is 9.40. The Kier molecular flexibility index (Phi) is 29.3. The number of ether oxygens (including phenoxy) is 3. The fraction of sp³-hybridized carbons (Fsp3) is 0.515. The van der Waals surface area contributed by atoms with Crippen LogP contribution in [-0.4, -0.2) is 61.8 Å². The van der Waals surface area contributed by atoms with Gasteiger partial charge in [0.1, 0.15) is 5.15 Å². The Morgan fingerprint density at radius 2 is 1.33 bits per heavy atom. The average Bonchev–Trinajstić information content (AvgIpc) is 3.01. The molecule has 0 fully saturated rings. The number of aromatic nitrogens is 2. The first-order chi connectivity index (χ1) is 20.1. The van der Waals surface area contributed by atoms with E-state index in [9.17, 15) is 4.79 Å². The number of hydrogen-bond acceptors (Lipinski definition) is 8. The number of aryl methyl sites for hydroxylation is 1. The van der Waals surface area contributed by atoms with Gasteiger partial charge in [0.25, 0.3) is 0 Å². The zero-order valence-electron chi connectivity index (χ0n) is 26.5. The number of esters is 1. The van der Waals surface area contributed by atoms with E-state index in [-0.39, 0.29) is 24.3 Å². The number of carbonyl (C=O) groups excluding carboxylic acids is 3. The van der Waals surface area contributed by atoms with Crippen molar-refractivity contribution in [3.8, 4) is 11.8 Å². The van der Waals surface area contributed by atoms with Crippen molar-refractivity contribution in [1.82, 2.24) is 9.97 Å². The quantitative estimate of drug-likeness (QED) is 0.108. The summed E-state index contributed by atoms with van der Waals surface area (Å²) in [5.41, 5.74) is 2.22. The van der Waals surface area contributed by atoms with Crippen LogP contribution in [0.25, 0.3) is 6.08 Å². The number of pyridine rings is 2. The molecule has 0 amide bonds. The van der Waals surface area contributed by atoms with Gasteiger partial charge in [-0.1, -0.05) is 31.7 Å². The Morgan fingerprint density at radius 1 is 0.884 bits per heavy atom. The topological polar surface area (TPSA) is 105 Å². The normalized spacial score (nSPS) is 9.49. The van der Waals surface area contributed by atoms with Gasteiger partial charge in [-0.05, 0) is 24.6 Å². The summed E-state index contributed by atoms with van der Waals surface area (Å²) >= 11 is 3.84. The van der Waals surface area contributed by atoms with Crippen LogP contribution in [0.5, 0.6) is 11.8 Å². The Hall–Kier alpha value is -2.68. The summed E-state index contributed by atoms with van der Waals surface area (Å²) in [5.74, 6) is 0.475. The molecule has 242 valence electrons. The van der Waals surface area contributed by atoms with Crippen molar-refractivity contribution in [1.29, 1.82) is 0 Å². The van der Waals surface area contributed by atoms with Crippen LogP contribution in [0.2, 0.25) is 18.5 Å². The minimum absolute atomic E-state index is 0. The van der Waals surface area contributed by atoms with Crippen molar-refractivity contribution in [2.24, 2.45) is 0 Å². The van der Waals surface area contributed by atoms with Gasteiger partial charge in [0.15, 0.2) is 0 Å². The molecule has 0 saturated carbocycles. The molecule has 0 aliphatic rings. The third-order valence-corrected chi connectivity index (χ3v) is 20.8. The molecule has 2 aromatic heterocycles. The summed E-state index contributed by atoms with van der Waals surface area (Å²) in [4.78, 5) is 35.3. The van der Waals surface area contributed by atoms with E-state index < -0.39 is 24.3 Å². The van der Waals surface area contributed by atoms with Crippen molar-refractivity contribution in [3.63, 3.8) is 0 Å². The van der Waals surface area contributed by atoms with Gasteiger partial charge in [0.2, 0.25) is 11.8 Å². The van der Waals surface area contributed by atoms with Crippen LogP contribution in [0, 0.1) is 6.92 Å². The minimum Gasteiger partial charge on any atom is -0.481 e. The molecule has 0 aliphatic heterocycles. The number of methoxy groups -OCH3 is 3. The molecule has 0 N–H and O–H groups in total. The maximum absolute atomic E-state index is 11.0. The first kappa shape index (κ1) is 44.8. The number of halogens is 1. The van der Waals surface area contributed by atoms with Gasteiger partial charge in [-0.15, -0.1) is 0 Å². The first-order valence-corrected chi connectivity index (χ1v) is 22.3. The van der Waals surface area contributed by atoms with E-state index in [1.165, 1.54) is 64.9 Å². The Bertz CT molecular complexity index is 1070. The molecule has 2 aromatic rings. The van der Waals surface area contributed by atoms with Gasteiger partial charge in [0, 0.05) is 12.1 Å². The smallest absolute Gasteiger partial charge is 0.373 e. The van der Waals surface area contributed by atoms with Gasteiger partial charge >= 0.3 is 114 Å². The number of carbonyl (C=O) groups is 1. The number of nitrogens with zero attached hydrogens (tertiary/aromatic N) is 2. The summed E-state index contributed by atoms with van der Waals surface area (Å²) in [5, 5.41) is 0.0752. The molecule has 2 rings (SSSR count). The SMILES string of the molecule is C.C=Cc1nc(OC)ccc1C.C=[CH][Sn]([CH2]CCC)([CH2]CCC)[CH2]CCC.COC(=O)c1ccc(OC)nc1Cl.O=C=O. The fourth-order valence-corrected chi connectivity index (χ4v) is 17.1. The molecular formula is C33H53ClN2O6Sn. The molecule has 0 unspecified atom stereocenters. The van der Waals surface area contributed by atoms with E-state index in [1.54, 1.807) is 26.5 Å². The van der Waals surface area contributed by atoms with Gasteiger partial charge in [-0.2, -0.15) is 9.59 Å². The molecule has 2 heterocycles. The first-order valence-electron chi connectivity index (χ1n) is 14.2. The summed E-state index contributed by atoms with van der Waals surface area (Å²) in [6.45, 7) is 16.8. The van der Waals surface area contributed by atoms with Crippen molar-refractivity contribution in [2.75, 3.05) is 21.3 Å². The molecule has 0 atom stereocenters. The largest absolute Gasteiger partial charge is 0.481 e. The van der Waals surface area contributed by atoms with E-state index in [4.69, 9.17) is 30.7 Å². The van der Waals surface area contributed by atoms with E-state index >= 15 is 0 Å². The van der Waals surface area contributed by atoms with E-state index in [0.717, 1.165) is 11.3 Å². The Balaban J connectivity index is -0.000000531. The molecule has 43 heavy (non-hydrogen) atoms. The Labute approximate surface area is 269 Å². The van der Waals surface area contributed by atoms with E-state index in [1.807, 2.05) is 19.1 Å². The second kappa shape index (κ2) is 28.1. The van der Waals surface area contributed by atoms with Crippen LogP contribution >= 0.6 is 11.6 Å². The number of unbranched alkanes of at least 4 members (excludes halogenated alkanes) is 3. The predicted molar refractivity (Wildman–Crippen MR) is 180 cm³/mol. The maximum atomic E-state index is 11.0. The van der Waals surface area contributed by atoms with Gasteiger partial charge in [0.05, 0.1) is 32.6 Å². The third-order valence-electron chi connectivity index (χ3n) is 6.47. The second-order valence-corrected chi connectivity index (χ2v) is 23.0. The van der Waals surface area contributed by atoms with Crippen LogP contribution in [0.4, 0.5) is 0 Å². The third kappa shape index (κ3) is 19.3. The standard InChI is InChI=1S/C9H11NO.C8H8ClNO3.3C4H9.C2H3.CO2.CH4.Sn/c1-4-8-7(2)5-6-9(10-8)11-3;1-12-6-4-3-5(7(9)10-6)8(11)13-2;3*1-3-4-2;1-2;2-1-3;;/h4-6H,1H2,2-3H3;3-4H,1-2H3;3*1,3-4H2,2H3;1H,2H2;;1H4;. The van der Waals surface area contributed by atoms with Crippen molar-refractivity contribution in [3.05, 3.63) is 63.5 Å². The molecule has 0 saturated heterocycles. The van der Waals surface area contributed by atoms with E-state index in [0.29, 0.717) is 11.8 Å². The van der Waals surface area contributed by atoms with Gasteiger partial charge < -0.3 is 14.2 Å². The van der Waals surface area contributed by atoms with Gasteiger partial charge in [-0.3, -0.25) is 0 Å². The number of rotatable bonds is 14. The molecule has 0 radical (unpaired) electrons. The molecular weight excluding hydrogens is 675 g/mol. The molecule has 8 nitrogen and oxygen atoms in total. The predicted octanol–water partition coefficient (Wildman–Crippen LogP) is 9.19. The van der Waals surface area contributed by atoms with Crippen molar-refractivity contribution in [2.45, 2.75) is 87.0 Å². The van der Waals surface area contributed by atoms with Crippen molar-refractivity contribution >= 4 is 48.2 Å². The molecule has 0 aromatic carbocycles. The van der Waals surface area contributed by atoms with Crippen LogP contribution in [-0.2, 0) is 14.3 Å². The molecule has 0 aliphatic carbocycles. The molecule has 10 heteroatoms. The van der Waals surface area contributed by atoms with Crippen LogP contribution < -0.4 is 9.47 Å².